The van der Waals surface area contributed by atoms with E-state index < -0.39 is 11.9 Å². The second kappa shape index (κ2) is 11.3. The number of Topliss-reactive ketones (excluding diaryl/α,β-unsaturated/α-hetero) is 1. The van der Waals surface area contributed by atoms with Gasteiger partial charge in [-0.05, 0) is 36.4 Å². The van der Waals surface area contributed by atoms with Gasteiger partial charge in [-0.1, -0.05) is 48.5 Å². The van der Waals surface area contributed by atoms with Gasteiger partial charge in [-0.25, -0.2) is 4.79 Å². The molecule has 1 aromatic heterocycles. The fraction of sp³-hybridized carbons (Fsp3) is 0.290. The number of allylic oxidation sites excluding steroid dienone is 3. The summed E-state index contributed by atoms with van der Waals surface area (Å²) in [4.78, 5) is 28.6. The standard InChI is InChI=1S/C31H31NO5S/c1-19-27(31(34)37-15-14-20-9-5-4-6-10-20)28(22-11-7-12-25(35-2)30(22)36-3)29-23(32-19)17-21(18-24(29)33)26-13-8-16-38-26/h4-13,16,21,28,32H,14-15,17-18H2,1-3H3/t21-,28-/m0/s1. The molecule has 1 aliphatic carbocycles. The first-order valence-corrected chi connectivity index (χ1v) is 13.6. The zero-order valence-electron chi connectivity index (χ0n) is 21.8. The van der Waals surface area contributed by atoms with E-state index in [0.29, 0.717) is 53.2 Å². The summed E-state index contributed by atoms with van der Waals surface area (Å²) < 4.78 is 17.1. The predicted molar refractivity (Wildman–Crippen MR) is 148 cm³/mol. The fourth-order valence-corrected chi connectivity index (χ4v) is 6.30. The summed E-state index contributed by atoms with van der Waals surface area (Å²) >= 11 is 1.67. The maximum atomic E-state index is 13.8. The van der Waals surface area contributed by atoms with Crippen molar-refractivity contribution in [1.82, 2.24) is 5.32 Å². The van der Waals surface area contributed by atoms with Crippen LogP contribution in [-0.4, -0.2) is 32.6 Å². The first kappa shape index (κ1) is 25.8. The number of para-hydroxylation sites is 1. The quantitative estimate of drug-likeness (QED) is 0.366. The number of dihydropyridines is 1. The summed E-state index contributed by atoms with van der Waals surface area (Å²) in [5, 5.41) is 5.45. The number of ether oxygens (including phenoxy) is 3. The Bertz CT molecular complexity index is 1390. The number of esters is 1. The van der Waals surface area contributed by atoms with Crippen LogP contribution in [0.15, 0.2) is 88.6 Å². The molecule has 0 saturated heterocycles. The van der Waals surface area contributed by atoms with Crippen LogP contribution in [-0.2, 0) is 20.7 Å². The Labute approximate surface area is 226 Å². The van der Waals surface area contributed by atoms with Gasteiger partial charge in [0, 0.05) is 46.2 Å². The lowest BCUT2D eigenvalue weighted by atomic mass is 9.72. The van der Waals surface area contributed by atoms with Crippen LogP contribution in [0.5, 0.6) is 11.5 Å². The van der Waals surface area contributed by atoms with Crippen LogP contribution in [0.4, 0.5) is 0 Å². The smallest absolute Gasteiger partial charge is 0.336 e. The Morgan fingerprint density at radius 2 is 1.82 bits per heavy atom. The molecule has 0 fully saturated rings. The zero-order valence-corrected chi connectivity index (χ0v) is 22.6. The Morgan fingerprint density at radius 3 is 2.53 bits per heavy atom. The van der Waals surface area contributed by atoms with Crippen LogP contribution >= 0.6 is 11.3 Å². The van der Waals surface area contributed by atoms with E-state index in [9.17, 15) is 9.59 Å². The van der Waals surface area contributed by atoms with Gasteiger partial charge in [-0.3, -0.25) is 4.79 Å². The summed E-state index contributed by atoms with van der Waals surface area (Å²) in [6.45, 7) is 2.11. The number of carbonyl (C=O) groups excluding carboxylic acids is 2. The van der Waals surface area contributed by atoms with Crippen molar-refractivity contribution in [2.75, 3.05) is 20.8 Å². The molecule has 5 rings (SSSR count). The minimum Gasteiger partial charge on any atom is -0.493 e. The zero-order chi connectivity index (χ0) is 26.6. The Morgan fingerprint density at radius 1 is 1.00 bits per heavy atom. The van der Waals surface area contributed by atoms with Crippen LogP contribution in [0.2, 0.25) is 0 Å². The maximum Gasteiger partial charge on any atom is 0.336 e. The fourth-order valence-electron chi connectivity index (χ4n) is 5.47. The van der Waals surface area contributed by atoms with Crippen molar-refractivity contribution in [2.45, 2.75) is 38.0 Å². The molecule has 196 valence electrons. The second-order valence-corrected chi connectivity index (χ2v) is 10.5. The Hall–Kier alpha value is -3.84. The monoisotopic (exact) mass is 529 g/mol. The van der Waals surface area contributed by atoms with Crippen molar-refractivity contribution in [3.63, 3.8) is 0 Å². The number of rotatable bonds is 8. The van der Waals surface area contributed by atoms with Gasteiger partial charge in [-0.15, -0.1) is 11.3 Å². The lowest BCUT2D eigenvalue weighted by Gasteiger charge is -2.37. The molecular formula is C31H31NO5S. The number of nitrogens with one attached hydrogen (secondary N) is 1. The molecule has 6 nitrogen and oxygen atoms in total. The first-order valence-electron chi connectivity index (χ1n) is 12.7. The molecule has 2 aliphatic rings. The first-order chi connectivity index (χ1) is 18.5. The highest BCUT2D eigenvalue weighted by atomic mass is 32.1. The third kappa shape index (κ3) is 4.98. The normalized spacial score (nSPS) is 19.1. The Balaban J connectivity index is 1.53. The van der Waals surface area contributed by atoms with Crippen molar-refractivity contribution in [3.8, 4) is 11.5 Å². The van der Waals surface area contributed by atoms with Crippen molar-refractivity contribution in [3.05, 3.63) is 105 Å². The molecule has 0 amide bonds. The van der Waals surface area contributed by atoms with E-state index in [0.717, 1.165) is 11.3 Å². The number of hydrogen-bond acceptors (Lipinski definition) is 7. The molecule has 2 atom stereocenters. The van der Waals surface area contributed by atoms with Gasteiger partial charge in [0.05, 0.1) is 32.3 Å². The van der Waals surface area contributed by atoms with Gasteiger partial charge in [0.25, 0.3) is 0 Å². The summed E-state index contributed by atoms with van der Waals surface area (Å²) in [6.07, 6.45) is 1.69. The lowest BCUT2D eigenvalue weighted by Crippen LogP contribution is -2.36. The summed E-state index contributed by atoms with van der Waals surface area (Å²) in [7, 11) is 3.15. The van der Waals surface area contributed by atoms with Gasteiger partial charge in [0.15, 0.2) is 17.3 Å². The van der Waals surface area contributed by atoms with E-state index in [1.165, 1.54) is 4.88 Å². The predicted octanol–water partition coefficient (Wildman–Crippen LogP) is 5.91. The number of benzene rings is 2. The van der Waals surface area contributed by atoms with E-state index in [-0.39, 0.29) is 18.3 Å². The third-order valence-corrected chi connectivity index (χ3v) is 8.24. The molecule has 7 heteroatoms. The minimum absolute atomic E-state index is 0.0223. The molecule has 2 aromatic carbocycles. The number of carbonyl (C=O) groups is 2. The molecule has 1 N–H and O–H groups in total. The molecule has 1 aliphatic heterocycles. The number of thiophene rings is 1. The summed E-state index contributed by atoms with van der Waals surface area (Å²) in [6, 6.07) is 19.6. The highest BCUT2D eigenvalue weighted by Gasteiger charge is 2.43. The van der Waals surface area contributed by atoms with Gasteiger partial charge < -0.3 is 19.5 Å². The SMILES string of the molecule is COc1cccc([C@H]2C(C(=O)OCCc3ccccc3)=C(C)NC3=C2C(=O)C[C@@H](c2cccs2)C3)c1OC. The molecule has 0 radical (unpaired) electrons. The highest BCUT2D eigenvalue weighted by molar-refractivity contribution is 7.10. The maximum absolute atomic E-state index is 13.8. The average molecular weight is 530 g/mol. The average Bonchev–Trinajstić information content (AvgIpc) is 3.47. The summed E-state index contributed by atoms with van der Waals surface area (Å²) in [5.41, 5.74) is 4.36. The van der Waals surface area contributed by atoms with Crippen molar-refractivity contribution in [1.29, 1.82) is 0 Å². The second-order valence-electron chi connectivity index (χ2n) is 9.49. The molecule has 2 heterocycles. The van der Waals surface area contributed by atoms with Gasteiger partial charge >= 0.3 is 5.97 Å². The third-order valence-electron chi connectivity index (χ3n) is 7.20. The van der Waals surface area contributed by atoms with E-state index in [4.69, 9.17) is 14.2 Å². The molecule has 38 heavy (non-hydrogen) atoms. The highest BCUT2D eigenvalue weighted by Crippen LogP contribution is 2.49. The lowest BCUT2D eigenvalue weighted by molar-refractivity contribution is -0.139. The minimum atomic E-state index is -0.627. The van der Waals surface area contributed by atoms with Crippen LogP contribution in [0, 0.1) is 0 Å². The van der Waals surface area contributed by atoms with Crippen molar-refractivity contribution < 1.29 is 23.8 Å². The summed E-state index contributed by atoms with van der Waals surface area (Å²) in [5.74, 6) is 0.102. The van der Waals surface area contributed by atoms with Gasteiger partial charge in [0.2, 0.25) is 0 Å². The molecule has 0 unspecified atom stereocenters. The molecule has 3 aromatic rings. The van der Waals surface area contributed by atoms with Crippen molar-refractivity contribution >= 4 is 23.1 Å². The number of hydrogen-bond donors (Lipinski definition) is 1. The van der Waals surface area contributed by atoms with E-state index in [2.05, 4.69) is 11.4 Å². The molecule has 0 saturated carbocycles. The van der Waals surface area contributed by atoms with Crippen LogP contribution in [0.1, 0.15) is 47.6 Å². The Kier molecular flexibility index (Phi) is 7.65. The molecule has 0 bridgehead atoms. The van der Waals surface area contributed by atoms with Gasteiger partial charge in [0.1, 0.15) is 0 Å². The van der Waals surface area contributed by atoms with Crippen LogP contribution < -0.4 is 14.8 Å². The number of methoxy groups -OCH3 is 2. The van der Waals surface area contributed by atoms with Crippen LogP contribution in [0.25, 0.3) is 0 Å². The molecular weight excluding hydrogens is 498 g/mol. The number of ketones is 1. The van der Waals surface area contributed by atoms with E-state index in [1.807, 2.05) is 66.9 Å². The van der Waals surface area contributed by atoms with Crippen LogP contribution in [0.3, 0.4) is 0 Å². The van der Waals surface area contributed by atoms with Gasteiger partial charge in [-0.2, -0.15) is 0 Å². The van der Waals surface area contributed by atoms with E-state index in [1.54, 1.807) is 25.6 Å². The molecule has 0 spiro atoms. The van der Waals surface area contributed by atoms with Crippen molar-refractivity contribution in [2.24, 2.45) is 0 Å². The topological polar surface area (TPSA) is 73.9 Å². The van der Waals surface area contributed by atoms with E-state index >= 15 is 0 Å². The largest absolute Gasteiger partial charge is 0.493 e.